The van der Waals surface area contributed by atoms with E-state index in [1.54, 1.807) is 30.1 Å². The molecule has 0 aliphatic carbocycles. The Balaban J connectivity index is 3.03. The first-order valence-corrected chi connectivity index (χ1v) is 6.87. The Hall–Kier alpha value is -2.08. The van der Waals surface area contributed by atoms with Gasteiger partial charge >= 0.3 is 12.0 Å². The number of carboxylic acid groups (broad SMARTS) is 1. The molecule has 0 bridgehead atoms. The van der Waals surface area contributed by atoms with Gasteiger partial charge in [-0.2, -0.15) is 0 Å². The number of aliphatic hydroxyl groups excluding tert-OH is 1. The van der Waals surface area contributed by atoms with Crippen LogP contribution in [-0.4, -0.2) is 53.4 Å². The van der Waals surface area contributed by atoms with Crippen molar-refractivity contribution >= 4 is 17.7 Å². The van der Waals surface area contributed by atoms with Crippen LogP contribution in [0, 0.1) is 0 Å². The van der Waals surface area contributed by atoms with Crippen LogP contribution in [0.3, 0.4) is 0 Å². The fraction of sp³-hybridized carbons (Fsp3) is 0.467. The zero-order valence-electron chi connectivity index (χ0n) is 12.6. The number of carbonyl (C=O) groups excluding carboxylic acids is 1. The quantitative estimate of drug-likeness (QED) is 0.841. The minimum atomic E-state index is -1.07. The lowest BCUT2D eigenvalue weighted by atomic mass is 10.1. The molecule has 0 spiro atoms. The van der Waals surface area contributed by atoms with Crippen molar-refractivity contribution in [1.82, 2.24) is 4.90 Å². The second kappa shape index (κ2) is 7.64. The summed E-state index contributed by atoms with van der Waals surface area (Å²) in [6, 6.07) is 6.06. The van der Waals surface area contributed by atoms with Gasteiger partial charge in [-0.05, 0) is 32.4 Å². The van der Waals surface area contributed by atoms with Gasteiger partial charge in [0.25, 0.3) is 0 Å². The lowest BCUT2D eigenvalue weighted by molar-refractivity contribution is 0.0697. The Morgan fingerprint density at radius 1 is 1.24 bits per heavy atom. The van der Waals surface area contributed by atoms with Crippen molar-refractivity contribution in [3.05, 3.63) is 29.8 Å². The molecule has 1 aromatic rings. The van der Waals surface area contributed by atoms with Crippen molar-refractivity contribution in [1.29, 1.82) is 0 Å². The molecule has 0 saturated carbocycles. The first kappa shape index (κ1) is 17.0. The summed E-state index contributed by atoms with van der Waals surface area (Å²) < 4.78 is 0. The van der Waals surface area contributed by atoms with Crippen LogP contribution >= 0.6 is 0 Å². The van der Waals surface area contributed by atoms with Crippen LogP contribution in [0.1, 0.15) is 30.6 Å². The smallest absolute Gasteiger partial charge is 0.337 e. The van der Waals surface area contributed by atoms with E-state index in [1.165, 1.54) is 11.0 Å². The van der Waals surface area contributed by atoms with E-state index in [1.807, 2.05) is 13.8 Å². The first-order chi connectivity index (χ1) is 9.90. The van der Waals surface area contributed by atoms with E-state index in [9.17, 15) is 14.7 Å². The van der Waals surface area contributed by atoms with E-state index < -0.39 is 5.97 Å². The summed E-state index contributed by atoms with van der Waals surface area (Å²) in [6.07, 6.45) is 0.484. The predicted molar refractivity (Wildman–Crippen MR) is 80.7 cm³/mol. The summed E-state index contributed by atoms with van der Waals surface area (Å²) in [4.78, 5) is 26.7. The molecule has 2 amide bonds. The van der Waals surface area contributed by atoms with Gasteiger partial charge in [0.1, 0.15) is 0 Å². The van der Waals surface area contributed by atoms with Gasteiger partial charge in [0, 0.05) is 26.2 Å². The van der Waals surface area contributed by atoms with Crippen LogP contribution in [0.15, 0.2) is 24.3 Å². The van der Waals surface area contributed by atoms with Gasteiger partial charge in [-0.15, -0.1) is 0 Å². The van der Waals surface area contributed by atoms with E-state index in [0.717, 1.165) is 0 Å². The van der Waals surface area contributed by atoms with Crippen molar-refractivity contribution in [2.75, 3.05) is 25.1 Å². The third-order valence-corrected chi connectivity index (χ3v) is 3.21. The Kier molecular flexibility index (Phi) is 6.17. The zero-order chi connectivity index (χ0) is 16.0. The molecule has 0 radical (unpaired) electrons. The third-order valence-electron chi connectivity index (χ3n) is 3.21. The standard InChI is InChI=1S/C15H22N2O4/c1-11(2)17(9-6-10-18)15(21)16(3)13-8-5-4-7-12(13)14(19)20/h4-5,7-8,11,18H,6,9-10H2,1-3H3,(H,19,20). The van der Waals surface area contributed by atoms with Crippen molar-refractivity contribution in [3.8, 4) is 0 Å². The summed E-state index contributed by atoms with van der Waals surface area (Å²) in [7, 11) is 1.55. The molecule has 1 rings (SSSR count). The number of para-hydroxylation sites is 1. The van der Waals surface area contributed by atoms with E-state index in [4.69, 9.17) is 5.11 Å². The minimum absolute atomic E-state index is 0.00588. The topological polar surface area (TPSA) is 81.1 Å². The summed E-state index contributed by atoms with van der Waals surface area (Å²) in [5, 5.41) is 18.1. The summed E-state index contributed by atoms with van der Waals surface area (Å²) in [5.41, 5.74) is 0.434. The lowest BCUT2D eigenvalue weighted by Crippen LogP contribution is -2.46. The molecule has 0 heterocycles. The maximum absolute atomic E-state index is 12.5. The molecule has 0 saturated heterocycles. The number of hydrogen-bond donors (Lipinski definition) is 2. The number of benzene rings is 1. The Morgan fingerprint density at radius 2 is 1.86 bits per heavy atom. The summed E-state index contributed by atoms with van der Waals surface area (Å²) in [6.45, 7) is 4.19. The molecule has 6 nitrogen and oxygen atoms in total. The molecule has 0 aliphatic heterocycles. The summed E-state index contributed by atoms with van der Waals surface area (Å²) >= 11 is 0. The maximum atomic E-state index is 12.5. The second-order valence-corrected chi connectivity index (χ2v) is 5.03. The number of amides is 2. The van der Waals surface area contributed by atoms with Crippen LogP contribution in [0.4, 0.5) is 10.5 Å². The van der Waals surface area contributed by atoms with Gasteiger partial charge in [0.2, 0.25) is 0 Å². The largest absolute Gasteiger partial charge is 0.478 e. The molecular weight excluding hydrogens is 272 g/mol. The number of nitrogens with zero attached hydrogens (tertiary/aromatic N) is 2. The number of hydrogen-bond acceptors (Lipinski definition) is 3. The number of rotatable bonds is 6. The van der Waals surface area contributed by atoms with Crippen molar-refractivity contribution in [2.45, 2.75) is 26.3 Å². The molecule has 0 aromatic heterocycles. The fourth-order valence-corrected chi connectivity index (χ4v) is 2.06. The monoisotopic (exact) mass is 294 g/mol. The number of anilines is 1. The van der Waals surface area contributed by atoms with Crippen LogP contribution in [0.2, 0.25) is 0 Å². The average molecular weight is 294 g/mol. The molecule has 0 unspecified atom stereocenters. The second-order valence-electron chi connectivity index (χ2n) is 5.03. The highest BCUT2D eigenvalue weighted by molar-refractivity contribution is 6.01. The van der Waals surface area contributed by atoms with Crippen LogP contribution in [0.25, 0.3) is 0 Å². The van der Waals surface area contributed by atoms with Gasteiger partial charge in [-0.3, -0.25) is 4.90 Å². The molecular formula is C15H22N2O4. The SMILES string of the molecule is CC(C)N(CCCO)C(=O)N(C)c1ccccc1C(=O)O. The molecule has 0 aliphatic rings. The lowest BCUT2D eigenvalue weighted by Gasteiger charge is -2.31. The highest BCUT2D eigenvalue weighted by Gasteiger charge is 2.24. The highest BCUT2D eigenvalue weighted by atomic mass is 16.4. The Labute approximate surface area is 124 Å². The zero-order valence-corrected chi connectivity index (χ0v) is 12.6. The van der Waals surface area contributed by atoms with Crippen molar-refractivity contribution in [3.63, 3.8) is 0 Å². The maximum Gasteiger partial charge on any atom is 0.337 e. The fourth-order valence-electron chi connectivity index (χ4n) is 2.06. The van der Waals surface area contributed by atoms with E-state index in [0.29, 0.717) is 18.7 Å². The van der Waals surface area contributed by atoms with Gasteiger partial charge in [0.05, 0.1) is 11.3 Å². The molecule has 0 fully saturated rings. The van der Waals surface area contributed by atoms with E-state index in [-0.39, 0.29) is 24.2 Å². The van der Waals surface area contributed by atoms with Crippen LogP contribution in [0.5, 0.6) is 0 Å². The molecule has 2 N–H and O–H groups in total. The Morgan fingerprint density at radius 3 is 2.38 bits per heavy atom. The number of urea groups is 1. The number of aromatic carboxylic acids is 1. The molecule has 116 valence electrons. The predicted octanol–water partition coefficient (Wildman–Crippen LogP) is 2.03. The van der Waals surface area contributed by atoms with Gasteiger partial charge < -0.3 is 15.1 Å². The minimum Gasteiger partial charge on any atom is -0.478 e. The van der Waals surface area contributed by atoms with E-state index >= 15 is 0 Å². The molecule has 6 heteroatoms. The summed E-state index contributed by atoms with van der Waals surface area (Å²) in [5.74, 6) is -1.07. The van der Waals surface area contributed by atoms with Gasteiger partial charge in [0.15, 0.2) is 0 Å². The Bertz CT molecular complexity index is 502. The van der Waals surface area contributed by atoms with Crippen LogP contribution in [-0.2, 0) is 0 Å². The third kappa shape index (κ3) is 4.19. The normalized spacial score (nSPS) is 10.5. The number of carboxylic acids is 1. The number of carbonyl (C=O) groups is 2. The van der Waals surface area contributed by atoms with Crippen LogP contribution < -0.4 is 4.90 Å². The number of aliphatic hydroxyl groups is 1. The van der Waals surface area contributed by atoms with Crippen molar-refractivity contribution in [2.24, 2.45) is 0 Å². The highest BCUT2D eigenvalue weighted by Crippen LogP contribution is 2.21. The van der Waals surface area contributed by atoms with Gasteiger partial charge in [-0.25, -0.2) is 9.59 Å². The van der Waals surface area contributed by atoms with Gasteiger partial charge in [-0.1, -0.05) is 12.1 Å². The average Bonchev–Trinajstić information content (AvgIpc) is 2.46. The molecule has 1 aromatic carbocycles. The molecule has 0 atom stereocenters. The van der Waals surface area contributed by atoms with Crippen molar-refractivity contribution < 1.29 is 19.8 Å². The molecule has 21 heavy (non-hydrogen) atoms. The van der Waals surface area contributed by atoms with E-state index in [2.05, 4.69) is 0 Å². The first-order valence-electron chi connectivity index (χ1n) is 6.87.